The summed E-state index contributed by atoms with van der Waals surface area (Å²) in [5, 5.41) is 3.56. The molecule has 2 aromatic heterocycles. The van der Waals surface area contributed by atoms with Crippen LogP contribution in [0.15, 0.2) is 24.4 Å². The van der Waals surface area contributed by atoms with E-state index in [4.69, 9.17) is 4.98 Å². The molecule has 1 aliphatic rings. The number of aryl methyl sites for hydroxylation is 1. The van der Waals surface area contributed by atoms with Gasteiger partial charge in [0.25, 0.3) is 0 Å². The SMILES string of the molecule is Cc1[nH]c(CC2CCCCN2)nc1-c1ccccn1. The summed E-state index contributed by atoms with van der Waals surface area (Å²) in [6, 6.07) is 6.50. The third-order valence-electron chi connectivity index (χ3n) is 3.69. The first-order valence-corrected chi connectivity index (χ1v) is 7.03. The van der Waals surface area contributed by atoms with Crippen LogP contribution >= 0.6 is 0 Å². The van der Waals surface area contributed by atoms with Crippen LogP contribution < -0.4 is 5.32 Å². The van der Waals surface area contributed by atoms with Crippen molar-refractivity contribution >= 4 is 0 Å². The number of nitrogens with zero attached hydrogens (tertiary/aromatic N) is 2. The van der Waals surface area contributed by atoms with Gasteiger partial charge in [-0.2, -0.15) is 0 Å². The normalized spacial score (nSPS) is 19.5. The first-order valence-electron chi connectivity index (χ1n) is 7.03. The molecule has 0 bridgehead atoms. The van der Waals surface area contributed by atoms with Gasteiger partial charge in [0.05, 0.1) is 5.69 Å². The second kappa shape index (κ2) is 5.53. The van der Waals surface area contributed by atoms with Gasteiger partial charge in [-0.3, -0.25) is 4.98 Å². The Hall–Kier alpha value is -1.68. The molecule has 2 aromatic rings. The number of rotatable bonds is 3. The maximum absolute atomic E-state index is 4.72. The van der Waals surface area contributed by atoms with E-state index in [1.165, 1.54) is 19.3 Å². The average molecular weight is 256 g/mol. The van der Waals surface area contributed by atoms with Gasteiger partial charge in [-0.25, -0.2) is 4.98 Å². The van der Waals surface area contributed by atoms with Gasteiger partial charge >= 0.3 is 0 Å². The summed E-state index contributed by atoms with van der Waals surface area (Å²) in [6.45, 7) is 3.20. The summed E-state index contributed by atoms with van der Waals surface area (Å²) in [7, 11) is 0. The van der Waals surface area contributed by atoms with E-state index in [9.17, 15) is 0 Å². The molecule has 0 saturated carbocycles. The van der Waals surface area contributed by atoms with Crippen LogP contribution in [0, 0.1) is 6.92 Å². The number of pyridine rings is 1. The van der Waals surface area contributed by atoms with Crippen molar-refractivity contribution in [2.45, 2.75) is 38.6 Å². The number of hydrogen-bond donors (Lipinski definition) is 2. The minimum absolute atomic E-state index is 0.566. The molecule has 1 fully saturated rings. The molecule has 1 atom stereocenters. The van der Waals surface area contributed by atoms with E-state index in [0.29, 0.717) is 6.04 Å². The average Bonchev–Trinajstić information content (AvgIpc) is 2.82. The highest BCUT2D eigenvalue weighted by Crippen LogP contribution is 2.20. The Morgan fingerprint density at radius 1 is 1.32 bits per heavy atom. The highest BCUT2D eigenvalue weighted by molar-refractivity contribution is 5.56. The summed E-state index contributed by atoms with van der Waals surface area (Å²) < 4.78 is 0. The summed E-state index contributed by atoms with van der Waals surface area (Å²) in [5.41, 5.74) is 3.02. The Balaban J connectivity index is 1.77. The minimum atomic E-state index is 0.566. The van der Waals surface area contributed by atoms with Crippen molar-refractivity contribution in [3.05, 3.63) is 35.9 Å². The number of aromatic nitrogens is 3. The Kier molecular flexibility index (Phi) is 3.60. The molecule has 3 heterocycles. The fourth-order valence-electron chi connectivity index (χ4n) is 2.70. The first kappa shape index (κ1) is 12.4. The van der Waals surface area contributed by atoms with Crippen molar-refractivity contribution in [2.75, 3.05) is 6.54 Å². The molecule has 0 spiro atoms. The fraction of sp³-hybridized carbons (Fsp3) is 0.467. The van der Waals surface area contributed by atoms with Crippen LogP contribution in [-0.2, 0) is 6.42 Å². The first-order chi connectivity index (χ1) is 9.33. The van der Waals surface area contributed by atoms with Crippen molar-refractivity contribution in [2.24, 2.45) is 0 Å². The van der Waals surface area contributed by atoms with Crippen molar-refractivity contribution in [1.29, 1.82) is 0 Å². The van der Waals surface area contributed by atoms with Crippen LogP contribution in [0.1, 0.15) is 30.8 Å². The van der Waals surface area contributed by atoms with Crippen LogP contribution in [0.25, 0.3) is 11.4 Å². The molecule has 3 rings (SSSR count). The zero-order valence-corrected chi connectivity index (χ0v) is 11.3. The van der Waals surface area contributed by atoms with Gasteiger partial charge in [-0.1, -0.05) is 12.5 Å². The minimum Gasteiger partial charge on any atom is -0.345 e. The van der Waals surface area contributed by atoms with Gasteiger partial charge in [0.1, 0.15) is 11.5 Å². The molecule has 1 unspecified atom stereocenters. The maximum Gasteiger partial charge on any atom is 0.110 e. The topological polar surface area (TPSA) is 53.6 Å². The predicted octanol–water partition coefficient (Wildman–Crippen LogP) is 2.46. The molecule has 19 heavy (non-hydrogen) atoms. The predicted molar refractivity (Wildman–Crippen MR) is 75.9 cm³/mol. The Morgan fingerprint density at radius 2 is 2.26 bits per heavy atom. The summed E-state index contributed by atoms with van der Waals surface area (Å²) in [6.07, 6.45) is 6.66. The summed E-state index contributed by atoms with van der Waals surface area (Å²) in [5.74, 6) is 1.07. The molecule has 4 nitrogen and oxygen atoms in total. The van der Waals surface area contributed by atoms with Gasteiger partial charge < -0.3 is 10.3 Å². The fourth-order valence-corrected chi connectivity index (χ4v) is 2.70. The van der Waals surface area contributed by atoms with Crippen LogP contribution in [0.4, 0.5) is 0 Å². The lowest BCUT2D eigenvalue weighted by Gasteiger charge is -2.22. The quantitative estimate of drug-likeness (QED) is 0.887. The van der Waals surface area contributed by atoms with E-state index in [1.807, 2.05) is 24.4 Å². The number of piperidine rings is 1. The monoisotopic (exact) mass is 256 g/mol. The molecular weight excluding hydrogens is 236 g/mol. The highest BCUT2D eigenvalue weighted by Gasteiger charge is 2.16. The number of aromatic amines is 1. The highest BCUT2D eigenvalue weighted by atomic mass is 15.0. The van der Waals surface area contributed by atoms with Gasteiger partial charge in [0.15, 0.2) is 0 Å². The second-order valence-corrected chi connectivity index (χ2v) is 5.22. The lowest BCUT2D eigenvalue weighted by atomic mass is 10.0. The number of imidazole rings is 1. The molecule has 1 saturated heterocycles. The van der Waals surface area contributed by atoms with E-state index in [-0.39, 0.29) is 0 Å². The largest absolute Gasteiger partial charge is 0.345 e. The molecule has 0 radical (unpaired) electrons. The van der Waals surface area contributed by atoms with Crippen LogP contribution in [0.5, 0.6) is 0 Å². The molecule has 1 aliphatic heterocycles. The lowest BCUT2D eigenvalue weighted by molar-refractivity contribution is 0.395. The molecular formula is C15H20N4. The maximum atomic E-state index is 4.72. The summed E-state index contributed by atoms with van der Waals surface area (Å²) >= 11 is 0. The zero-order valence-electron chi connectivity index (χ0n) is 11.3. The molecule has 2 N–H and O–H groups in total. The molecule has 4 heteroatoms. The van der Waals surface area contributed by atoms with Gasteiger partial charge in [-0.15, -0.1) is 0 Å². The van der Waals surface area contributed by atoms with Crippen molar-refractivity contribution in [1.82, 2.24) is 20.3 Å². The zero-order chi connectivity index (χ0) is 13.1. The second-order valence-electron chi connectivity index (χ2n) is 5.22. The molecule has 0 aliphatic carbocycles. The third-order valence-corrected chi connectivity index (χ3v) is 3.69. The van der Waals surface area contributed by atoms with Crippen molar-refractivity contribution < 1.29 is 0 Å². The van der Waals surface area contributed by atoms with E-state index >= 15 is 0 Å². The smallest absolute Gasteiger partial charge is 0.110 e. The van der Waals surface area contributed by atoms with Crippen LogP contribution in [0.2, 0.25) is 0 Å². The Labute approximate surface area is 113 Å². The van der Waals surface area contributed by atoms with Gasteiger partial charge in [0, 0.05) is 24.4 Å². The lowest BCUT2D eigenvalue weighted by Crippen LogP contribution is -2.35. The number of hydrogen-bond acceptors (Lipinski definition) is 3. The van der Waals surface area contributed by atoms with E-state index in [1.54, 1.807) is 0 Å². The Morgan fingerprint density at radius 3 is 3.00 bits per heavy atom. The molecule has 0 amide bonds. The molecule has 0 aromatic carbocycles. The third kappa shape index (κ3) is 2.84. The summed E-state index contributed by atoms with van der Waals surface area (Å²) in [4.78, 5) is 12.5. The van der Waals surface area contributed by atoms with Crippen LogP contribution in [0.3, 0.4) is 0 Å². The van der Waals surface area contributed by atoms with E-state index < -0.39 is 0 Å². The van der Waals surface area contributed by atoms with Gasteiger partial charge in [0.2, 0.25) is 0 Å². The number of nitrogens with one attached hydrogen (secondary N) is 2. The standard InChI is InChI=1S/C15H20N4/c1-11-15(13-7-3-5-9-17-13)19-14(18-11)10-12-6-2-4-8-16-12/h3,5,7,9,12,16H,2,4,6,8,10H2,1H3,(H,18,19). The molecule has 100 valence electrons. The van der Waals surface area contributed by atoms with Crippen LogP contribution in [-0.4, -0.2) is 27.5 Å². The number of H-pyrrole nitrogens is 1. The van der Waals surface area contributed by atoms with Crippen molar-refractivity contribution in [3.8, 4) is 11.4 Å². The van der Waals surface area contributed by atoms with Gasteiger partial charge in [-0.05, 0) is 38.4 Å². The van der Waals surface area contributed by atoms with E-state index in [2.05, 4.69) is 22.2 Å². The van der Waals surface area contributed by atoms with Crippen molar-refractivity contribution in [3.63, 3.8) is 0 Å². The van der Waals surface area contributed by atoms with E-state index in [0.717, 1.165) is 35.9 Å². The Bertz CT molecular complexity index is 526.